The molecule has 1 saturated carbocycles. The highest BCUT2D eigenvalue weighted by Gasteiger charge is 2.45. The first-order valence-corrected chi connectivity index (χ1v) is 6.16. The first kappa shape index (κ1) is 13.1. The number of benzene rings is 1. The van der Waals surface area contributed by atoms with Crippen LogP contribution in [0.1, 0.15) is 31.2 Å². The number of halogens is 2. The molecule has 5 heteroatoms. The summed E-state index contributed by atoms with van der Waals surface area (Å²) in [5, 5.41) is 9.35. The summed E-state index contributed by atoms with van der Waals surface area (Å²) in [6, 6.07) is 2.67. The van der Waals surface area contributed by atoms with Gasteiger partial charge in [-0.15, -0.1) is 0 Å². The minimum atomic E-state index is -0.997. The van der Waals surface area contributed by atoms with Crippen LogP contribution in [-0.4, -0.2) is 18.2 Å². The number of ether oxygens (including phenoxy) is 1. The Kier molecular flexibility index (Phi) is 3.48. The van der Waals surface area contributed by atoms with E-state index in [2.05, 4.69) is 0 Å². The van der Waals surface area contributed by atoms with Crippen LogP contribution < -0.4 is 4.74 Å². The van der Waals surface area contributed by atoms with E-state index in [1.165, 1.54) is 19.2 Å². The lowest BCUT2D eigenvalue weighted by atomic mass is 9.78. The quantitative estimate of drug-likeness (QED) is 0.917. The number of carboxylic acids is 1. The fourth-order valence-electron chi connectivity index (χ4n) is 2.69. The first-order chi connectivity index (χ1) is 8.53. The van der Waals surface area contributed by atoms with E-state index in [1.807, 2.05) is 0 Å². The molecule has 1 aliphatic carbocycles. The second kappa shape index (κ2) is 4.76. The van der Waals surface area contributed by atoms with Crippen molar-refractivity contribution in [3.05, 3.63) is 28.5 Å². The van der Waals surface area contributed by atoms with Crippen LogP contribution in [-0.2, 0) is 10.2 Å². The number of hydrogen-bond acceptors (Lipinski definition) is 2. The first-order valence-electron chi connectivity index (χ1n) is 5.79. The Bertz CT molecular complexity index is 481. The summed E-state index contributed by atoms with van der Waals surface area (Å²) in [7, 11) is 1.37. The number of hydrogen-bond donors (Lipinski definition) is 1. The van der Waals surface area contributed by atoms with Crippen LogP contribution in [0.4, 0.5) is 4.39 Å². The van der Waals surface area contributed by atoms with Gasteiger partial charge in [-0.1, -0.05) is 30.5 Å². The molecule has 1 aromatic carbocycles. The predicted molar refractivity (Wildman–Crippen MR) is 65.7 cm³/mol. The van der Waals surface area contributed by atoms with Crippen molar-refractivity contribution in [2.45, 2.75) is 31.1 Å². The molecule has 3 nitrogen and oxygen atoms in total. The fraction of sp³-hybridized carbons (Fsp3) is 0.462. The van der Waals surface area contributed by atoms with E-state index in [-0.39, 0.29) is 10.8 Å². The highest BCUT2D eigenvalue weighted by Crippen LogP contribution is 2.47. The van der Waals surface area contributed by atoms with Gasteiger partial charge in [0.1, 0.15) is 16.6 Å². The van der Waals surface area contributed by atoms with Crippen LogP contribution in [0.25, 0.3) is 0 Å². The highest BCUT2D eigenvalue weighted by molar-refractivity contribution is 6.32. The summed E-state index contributed by atoms with van der Waals surface area (Å²) in [5.74, 6) is -1.36. The van der Waals surface area contributed by atoms with Gasteiger partial charge in [0, 0.05) is 5.56 Å². The van der Waals surface area contributed by atoms with E-state index >= 15 is 0 Å². The van der Waals surface area contributed by atoms with Crippen LogP contribution in [0.5, 0.6) is 5.75 Å². The number of rotatable bonds is 3. The minimum Gasteiger partial charge on any atom is -0.495 e. The number of carbonyl (C=O) groups is 1. The van der Waals surface area contributed by atoms with Crippen LogP contribution in [0.15, 0.2) is 12.1 Å². The van der Waals surface area contributed by atoms with Crippen molar-refractivity contribution in [1.82, 2.24) is 0 Å². The summed E-state index contributed by atoms with van der Waals surface area (Å²) < 4.78 is 18.5. The maximum absolute atomic E-state index is 13.4. The Labute approximate surface area is 110 Å². The third kappa shape index (κ3) is 1.85. The molecule has 1 N–H and O–H groups in total. The Balaban J connectivity index is 2.62. The maximum Gasteiger partial charge on any atom is 0.314 e. The summed E-state index contributed by atoms with van der Waals surface area (Å²) in [5.41, 5.74) is -0.524. The second-order valence-electron chi connectivity index (χ2n) is 4.54. The van der Waals surface area contributed by atoms with Crippen molar-refractivity contribution < 1.29 is 19.0 Å². The molecular weight excluding hydrogens is 259 g/mol. The SMILES string of the molecule is COc1c(C2(C(=O)O)CCCC2)ccc(F)c1Cl. The van der Waals surface area contributed by atoms with Crippen molar-refractivity contribution in [2.24, 2.45) is 0 Å². The number of methoxy groups -OCH3 is 1. The molecule has 0 unspecified atom stereocenters. The Morgan fingerprint density at radius 3 is 2.56 bits per heavy atom. The van der Waals surface area contributed by atoms with E-state index in [4.69, 9.17) is 16.3 Å². The summed E-state index contributed by atoms with van der Waals surface area (Å²) in [4.78, 5) is 11.6. The van der Waals surface area contributed by atoms with Crippen molar-refractivity contribution >= 4 is 17.6 Å². The molecule has 0 spiro atoms. The maximum atomic E-state index is 13.4. The van der Waals surface area contributed by atoms with Gasteiger partial charge in [0.25, 0.3) is 0 Å². The smallest absolute Gasteiger partial charge is 0.314 e. The fourth-order valence-corrected chi connectivity index (χ4v) is 2.93. The van der Waals surface area contributed by atoms with E-state index in [9.17, 15) is 14.3 Å². The molecular formula is C13H14ClFO3. The lowest BCUT2D eigenvalue weighted by Crippen LogP contribution is -2.33. The molecule has 0 saturated heterocycles. The number of carboxylic acid groups (broad SMARTS) is 1. The molecule has 1 fully saturated rings. The zero-order valence-corrected chi connectivity index (χ0v) is 10.8. The summed E-state index contributed by atoms with van der Waals surface area (Å²) in [6.45, 7) is 0. The molecule has 0 aliphatic heterocycles. The summed E-state index contributed by atoms with van der Waals surface area (Å²) in [6.07, 6.45) is 2.73. The zero-order chi connectivity index (χ0) is 13.3. The minimum absolute atomic E-state index is 0.140. The van der Waals surface area contributed by atoms with Gasteiger partial charge in [0.05, 0.1) is 12.5 Å². The third-order valence-electron chi connectivity index (χ3n) is 3.64. The zero-order valence-electron chi connectivity index (χ0n) is 10.0. The van der Waals surface area contributed by atoms with Gasteiger partial charge < -0.3 is 9.84 Å². The van der Waals surface area contributed by atoms with Gasteiger partial charge in [0.2, 0.25) is 0 Å². The molecule has 1 aromatic rings. The van der Waals surface area contributed by atoms with E-state index in [0.717, 1.165) is 12.8 Å². The van der Waals surface area contributed by atoms with E-state index in [1.54, 1.807) is 0 Å². The third-order valence-corrected chi connectivity index (χ3v) is 3.99. The lowest BCUT2D eigenvalue weighted by Gasteiger charge is -2.26. The predicted octanol–water partition coefficient (Wildman–Crippen LogP) is 3.38. The Hall–Kier alpha value is -1.29. The molecule has 0 bridgehead atoms. The Morgan fingerprint density at radius 1 is 1.44 bits per heavy atom. The summed E-state index contributed by atoms with van der Waals surface area (Å²) >= 11 is 5.85. The normalized spacial score (nSPS) is 17.7. The van der Waals surface area contributed by atoms with Gasteiger partial charge in [-0.2, -0.15) is 0 Å². The molecule has 0 radical (unpaired) electrons. The Morgan fingerprint density at radius 2 is 2.06 bits per heavy atom. The average Bonchev–Trinajstić information content (AvgIpc) is 2.82. The van der Waals surface area contributed by atoms with Crippen molar-refractivity contribution in [3.63, 3.8) is 0 Å². The molecule has 98 valence electrons. The van der Waals surface area contributed by atoms with Gasteiger partial charge in [-0.05, 0) is 18.9 Å². The van der Waals surface area contributed by atoms with Crippen LogP contribution >= 0.6 is 11.6 Å². The molecule has 18 heavy (non-hydrogen) atoms. The standard InChI is InChI=1S/C13H14ClFO3/c1-18-11-8(4-5-9(15)10(11)14)13(12(16)17)6-2-3-7-13/h4-5H,2-3,6-7H2,1H3,(H,16,17). The van der Waals surface area contributed by atoms with Gasteiger partial charge in [0.15, 0.2) is 0 Å². The molecule has 0 amide bonds. The van der Waals surface area contributed by atoms with E-state index in [0.29, 0.717) is 18.4 Å². The largest absolute Gasteiger partial charge is 0.495 e. The average molecular weight is 273 g/mol. The van der Waals surface area contributed by atoms with Crippen LogP contribution in [0.3, 0.4) is 0 Å². The second-order valence-corrected chi connectivity index (χ2v) is 4.91. The van der Waals surface area contributed by atoms with Crippen molar-refractivity contribution in [1.29, 1.82) is 0 Å². The van der Waals surface area contributed by atoms with Crippen LogP contribution in [0.2, 0.25) is 5.02 Å². The highest BCUT2D eigenvalue weighted by atomic mass is 35.5. The van der Waals surface area contributed by atoms with Gasteiger partial charge in [-0.25, -0.2) is 4.39 Å². The molecule has 0 atom stereocenters. The topological polar surface area (TPSA) is 46.5 Å². The number of aliphatic carboxylic acids is 1. The molecule has 1 aliphatic rings. The van der Waals surface area contributed by atoms with Crippen molar-refractivity contribution in [3.8, 4) is 5.75 Å². The molecule has 0 heterocycles. The van der Waals surface area contributed by atoms with Gasteiger partial charge >= 0.3 is 5.97 Å². The molecule has 0 aromatic heterocycles. The molecule has 2 rings (SSSR count). The monoisotopic (exact) mass is 272 g/mol. The lowest BCUT2D eigenvalue weighted by molar-refractivity contribution is -0.143. The van der Waals surface area contributed by atoms with Gasteiger partial charge in [-0.3, -0.25) is 4.79 Å². The van der Waals surface area contributed by atoms with E-state index < -0.39 is 17.2 Å². The van der Waals surface area contributed by atoms with Crippen LogP contribution in [0, 0.1) is 5.82 Å². The van der Waals surface area contributed by atoms with Crippen molar-refractivity contribution in [2.75, 3.05) is 7.11 Å².